The van der Waals surface area contributed by atoms with Crippen molar-refractivity contribution in [3.05, 3.63) is 45.9 Å². The summed E-state index contributed by atoms with van der Waals surface area (Å²) in [5.41, 5.74) is 2.42. The first kappa shape index (κ1) is 21.2. The Labute approximate surface area is 183 Å². The Morgan fingerprint density at radius 3 is 2.60 bits per heavy atom. The normalized spacial score (nSPS) is 11.1. The number of imide groups is 1. The number of alkyl carbamates (subject to hydrolysis) is 1. The molecule has 0 bridgehead atoms. The number of nitrogens with zero attached hydrogens (tertiary/aromatic N) is 2. The van der Waals surface area contributed by atoms with Crippen LogP contribution in [0.3, 0.4) is 0 Å². The van der Waals surface area contributed by atoms with Crippen molar-refractivity contribution in [2.45, 2.75) is 13.8 Å². The van der Waals surface area contributed by atoms with Crippen molar-refractivity contribution >= 4 is 46.6 Å². The van der Waals surface area contributed by atoms with Crippen molar-refractivity contribution in [3.63, 3.8) is 0 Å². The highest BCUT2D eigenvalue weighted by Crippen LogP contribution is 2.39. The molecule has 0 aliphatic carbocycles. The molecule has 0 fully saturated rings. The number of anilines is 1. The molecule has 30 heavy (non-hydrogen) atoms. The number of phenols is 1. The summed E-state index contributed by atoms with van der Waals surface area (Å²) in [4.78, 5) is 23.1. The van der Waals surface area contributed by atoms with Gasteiger partial charge in [-0.05, 0) is 49.7 Å². The van der Waals surface area contributed by atoms with E-state index in [1.165, 1.54) is 30.3 Å². The number of benzene rings is 2. The first-order valence-electron chi connectivity index (χ1n) is 8.99. The molecule has 3 N–H and O–H groups in total. The molecule has 0 aromatic heterocycles. The van der Waals surface area contributed by atoms with E-state index in [9.17, 15) is 14.7 Å². The monoisotopic (exact) mass is 451 g/mol. The molecule has 0 heterocycles. The van der Waals surface area contributed by atoms with Crippen LogP contribution in [0.4, 0.5) is 10.5 Å². The lowest BCUT2D eigenvalue weighted by Crippen LogP contribution is -2.36. The lowest BCUT2D eigenvalue weighted by atomic mass is 10.2. The van der Waals surface area contributed by atoms with Gasteiger partial charge in [-0.25, -0.2) is 4.79 Å². The average molecular weight is 452 g/mol. The molecule has 11 heteroatoms. The van der Waals surface area contributed by atoms with Crippen LogP contribution in [0.1, 0.15) is 13.9 Å². The van der Waals surface area contributed by atoms with Crippen LogP contribution in [0, 0.1) is 18.2 Å². The zero-order chi connectivity index (χ0) is 23.0. The lowest BCUT2D eigenvalue weighted by molar-refractivity contribution is -0.114. The summed E-state index contributed by atoms with van der Waals surface area (Å²) in [7, 11) is 0. The van der Waals surface area contributed by atoms with Gasteiger partial charge in [0, 0.05) is 1.37 Å². The molecule has 0 spiro atoms. The van der Waals surface area contributed by atoms with E-state index in [1.807, 2.05) is 5.32 Å². The molecular weight excluding hydrogens is 435 g/mol. The number of hydrogen-bond acceptors (Lipinski definition) is 8. The van der Waals surface area contributed by atoms with Crippen LogP contribution in [0.15, 0.2) is 35.4 Å². The molecule has 0 saturated heterocycles. The predicted octanol–water partition coefficient (Wildman–Crippen LogP) is 4.36. The summed E-state index contributed by atoms with van der Waals surface area (Å²) in [5, 5.41) is 24.4. The van der Waals surface area contributed by atoms with Crippen LogP contribution in [0.2, 0.25) is 10.0 Å². The van der Waals surface area contributed by atoms with E-state index in [0.29, 0.717) is 11.3 Å². The van der Waals surface area contributed by atoms with Gasteiger partial charge >= 0.3 is 6.09 Å². The molecule has 2 amide bonds. The third kappa shape index (κ3) is 6.01. The third-order valence-electron chi connectivity index (χ3n) is 3.38. The van der Waals surface area contributed by atoms with E-state index in [1.54, 1.807) is 13.0 Å². The summed E-state index contributed by atoms with van der Waals surface area (Å²) in [6, 6.07) is 8.67. The maximum atomic E-state index is 11.8. The molecule has 156 valence electrons. The molecule has 0 radical (unpaired) electrons. The number of nitriles is 1. The molecule has 0 saturated carbocycles. The summed E-state index contributed by atoms with van der Waals surface area (Å²) in [5.74, 6) is -0.662. The van der Waals surface area contributed by atoms with Gasteiger partial charge in [-0.1, -0.05) is 23.2 Å². The number of nitrogens with one attached hydrogen (secondary N) is 2. The van der Waals surface area contributed by atoms with Crippen LogP contribution in [0.5, 0.6) is 17.2 Å². The van der Waals surface area contributed by atoms with Crippen molar-refractivity contribution < 1.29 is 25.5 Å². The van der Waals surface area contributed by atoms with Crippen LogP contribution in [0.25, 0.3) is 0 Å². The first-order valence-corrected chi connectivity index (χ1v) is 9.04. The summed E-state index contributed by atoms with van der Waals surface area (Å²) >= 11 is 12.4. The van der Waals surface area contributed by atoms with Crippen LogP contribution < -0.4 is 15.5 Å². The van der Waals surface area contributed by atoms with E-state index in [0.717, 1.165) is 0 Å². The molecule has 0 unspecified atom stereocenters. The molecule has 0 atom stereocenters. The highest BCUT2D eigenvalue weighted by Gasteiger charge is 2.16. The minimum atomic E-state index is -1.05. The molecule has 0 aliphatic heterocycles. The quantitative estimate of drug-likeness (QED) is 0.438. The highest BCUT2D eigenvalue weighted by atomic mass is 35.5. The Balaban J connectivity index is 2.18. The van der Waals surface area contributed by atoms with E-state index in [-0.39, 0.29) is 40.7 Å². The van der Waals surface area contributed by atoms with Gasteiger partial charge < -0.3 is 14.6 Å². The van der Waals surface area contributed by atoms with Gasteiger partial charge in [0.25, 0.3) is 5.91 Å². The maximum Gasteiger partial charge on any atom is 0.414 e. The van der Waals surface area contributed by atoms with Gasteiger partial charge in [-0.2, -0.15) is 10.4 Å². The second-order valence-corrected chi connectivity index (χ2v) is 6.33. The Kier molecular flexibility index (Phi) is 7.32. The zero-order valence-electron chi connectivity index (χ0n) is 16.5. The van der Waals surface area contributed by atoms with Crippen molar-refractivity contribution in [1.29, 1.82) is 5.26 Å². The smallest absolute Gasteiger partial charge is 0.414 e. The van der Waals surface area contributed by atoms with Gasteiger partial charge in [0.05, 0.1) is 22.3 Å². The number of carbonyl (C=O) groups excluding carboxylic acids is 2. The van der Waals surface area contributed by atoms with E-state index in [4.69, 9.17) is 34.6 Å². The highest BCUT2D eigenvalue weighted by molar-refractivity contribution is 6.47. The maximum absolute atomic E-state index is 11.8. The summed E-state index contributed by atoms with van der Waals surface area (Å²) < 4.78 is 17.6. The molecule has 0 aliphatic rings. The van der Waals surface area contributed by atoms with Gasteiger partial charge in [0.15, 0.2) is 5.75 Å². The fourth-order valence-corrected chi connectivity index (χ4v) is 2.60. The van der Waals surface area contributed by atoms with Crippen molar-refractivity contribution in [2.75, 3.05) is 12.0 Å². The Morgan fingerprint density at radius 1 is 1.30 bits per heavy atom. The molecule has 2 rings (SSSR count). The van der Waals surface area contributed by atoms with Crippen LogP contribution in [-0.2, 0) is 9.53 Å². The first-order chi connectivity index (χ1) is 14.8. The number of carbonyl (C=O) groups is 2. The fraction of sp³-hybridized carbons (Fsp3) is 0.158. The minimum Gasteiger partial charge on any atom is -0.508 e. The van der Waals surface area contributed by atoms with Crippen molar-refractivity contribution in [2.24, 2.45) is 5.10 Å². The fourth-order valence-electron chi connectivity index (χ4n) is 2.03. The van der Waals surface area contributed by atoms with Crippen molar-refractivity contribution in [1.82, 2.24) is 5.32 Å². The number of hydrazone groups is 1. The number of aryl methyl sites for hydroxylation is 1. The number of rotatable bonds is 6. The van der Waals surface area contributed by atoms with Gasteiger partial charge in [0.2, 0.25) is 5.71 Å². The lowest BCUT2D eigenvalue weighted by Gasteiger charge is -2.12. The second kappa shape index (κ2) is 10.3. The van der Waals surface area contributed by atoms with Crippen molar-refractivity contribution in [3.8, 4) is 23.3 Å². The van der Waals surface area contributed by atoms with Crippen LogP contribution in [-0.4, -0.2) is 29.4 Å². The number of phenolic OH excluding ortho intramolecular Hbond substituents is 1. The minimum absolute atomic E-state index is 0.0303. The number of hydrogen-bond donors (Lipinski definition) is 3. The summed E-state index contributed by atoms with van der Waals surface area (Å²) in [6.07, 6.45) is -1.01. The number of ether oxygens (including phenoxy) is 2. The Morgan fingerprint density at radius 2 is 2.00 bits per heavy atom. The third-order valence-corrected chi connectivity index (χ3v) is 3.94. The van der Waals surface area contributed by atoms with E-state index >= 15 is 0 Å². The zero-order valence-corrected chi connectivity index (χ0v) is 17.0. The predicted molar refractivity (Wildman–Crippen MR) is 111 cm³/mol. The molecule has 2 aromatic carbocycles. The van der Waals surface area contributed by atoms with Gasteiger partial charge in [-0.15, -0.1) is 0 Å². The molecule has 9 nitrogen and oxygen atoms in total. The topological polar surface area (TPSA) is 133 Å². The summed E-state index contributed by atoms with van der Waals surface area (Å²) in [6.45, 7) is 1.47. The average Bonchev–Trinajstić information content (AvgIpc) is 2.72. The molecule has 2 aromatic rings. The number of amides is 2. The largest absolute Gasteiger partial charge is 0.508 e. The van der Waals surface area contributed by atoms with E-state index < -0.39 is 17.7 Å². The molecular formula is C19H16Cl2N4O5. The van der Waals surface area contributed by atoms with Gasteiger partial charge in [-0.3, -0.25) is 15.5 Å². The Hall–Kier alpha value is -3.48. The SMILES string of the molecule is [2H]Cc1cc(Oc2c(Cl)cc(NN=C(C#N)C(=O)NC(=O)OCC)cc2Cl)ccc1O. The van der Waals surface area contributed by atoms with E-state index in [2.05, 4.69) is 15.3 Å². The number of aromatic hydroxyl groups is 1. The number of halogens is 2. The van der Waals surface area contributed by atoms with Crippen LogP contribution >= 0.6 is 23.2 Å². The van der Waals surface area contributed by atoms with Gasteiger partial charge in [0.1, 0.15) is 17.6 Å². The second-order valence-electron chi connectivity index (χ2n) is 5.52. The Bertz CT molecular complexity index is 1050. The standard InChI is InChI=1S/C19H16Cl2N4O5/c1-3-29-19(28)23-18(27)15(9-22)25-24-11-7-13(20)17(14(21)8-11)30-12-4-5-16(26)10(2)6-12/h4-8,24,26H,3H2,1-2H3,(H,23,27,28)/i2D.